The minimum absolute atomic E-state index is 0.116. The average molecular weight is 382 g/mol. The Balaban J connectivity index is 2.03. The summed E-state index contributed by atoms with van der Waals surface area (Å²) in [6.07, 6.45) is 1.82. The van der Waals surface area contributed by atoms with Gasteiger partial charge in [-0.15, -0.1) is 0 Å². The van der Waals surface area contributed by atoms with Crippen molar-refractivity contribution in [3.05, 3.63) is 51.7 Å². The quantitative estimate of drug-likeness (QED) is 0.821. The minimum Gasteiger partial charge on any atom is -0.491 e. The van der Waals surface area contributed by atoms with E-state index in [1.54, 1.807) is 36.5 Å². The van der Waals surface area contributed by atoms with E-state index >= 15 is 0 Å². The molecular formula is C15H15IN2O2. The van der Waals surface area contributed by atoms with Gasteiger partial charge in [-0.1, -0.05) is 0 Å². The first-order valence-electron chi connectivity index (χ1n) is 6.24. The highest BCUT2D eigenvalue weighted by Crippen LogP contribution is 2.15. The van der Waals surface area contributed by atoms with Crippen molar-refractivity contribution < 1.29 is 9.53 Å². The Labute approximate surface area is 131 Å². The number of aromatic nitrogens is 1. The van der Waals surface area contributed by atoms with Gasteiger partial charge >= 0.3 is 0 Å². The molecule has 2 rings (SSSR count). The third-order valence-electron chi connectivity index (χ3n) is 2.46. The number of amides is 1. The van der Waals surface area contributed by atoms with Gasteiger partial charge in [0.05, 0.1) is 6.10 Å². The Morgan fingerprint density at radius 3 is 2.45 bits per heavy atom. The largest absolute Gasteiger partial charge is 0.491 e. The first-order valence-corrected chi connectivity index (χ1v) is 7.32. The van der Waals surface area contributed by atoms with E-state index in [2.05, 4.69) is 32.9 Å². The molecule has 0 aliphatic carbocycles. The molecule has 104 valence electrons. The lowest BCUT2D eigenvalue weighted by Crippen LogP contribution is -2.13. The maximum Gasteiger partial charge on any atom is 0.256 e. The van der Waals surface area contributed by atoms with Crippen LogP contribution in [0.3, 0.4) is 0 Å². The second-order valence-corrected chi connectivity index (χ2v) is 5.75. The molecule has 1 heterocycles. The SMILES string of the molecule is CC(C)Oc1ccc(C(=O)Nc2ccc(I)cn2)cc1. The second-order valence-electron chi connectivity index (χ2n) is 4.51. The van der Waals surface area contributed by atoms with Gasteiger partial charge in [-0.2, -0.15) is 0 Å². The van der Waals surface area contributed by atoms with E-state index in [0.29, 0.717) is 11.4 Å². The predicted molar refractivity (Wildman–Crippen MR) is 87.1 cm³/mol. The zero-order chi connectivity index (χ0) is 14.5. The number of hydrogen-bond donors (Lipinski definition) is 1. The van der Waals surface area contributed by atoms with Crippen molar-refractivity contribution in [2.24, 2.45) is 0 Å². The van der Waals surface area contributed by atoms with Gasteiger partial charge in [0, 0.05) is 15.3 Å². The van der Waals surface area contributed by atoms with Crippen molar-refractivity contribution in [3.8, 4) is 5.75 Å². The molecule has 1 amide bonds. The molecule has 4 nitrogen and oxygen atoms in total. The number of halogens is 1. The highest BCUT2D eigenvalue weighted by atomic mass is 127. The highest BCUT2D eigenvalue weighted by molar-refractivity contribution is 14.1. The third kappa shape index (κ3) is 4.19. The maximum atomic E-state index is 12.0. The fourth-order valence-corrected chi connectivity index (χ4v) is 1.91. The summed E-state index contributed by atoms with van der Waals surface area (Å²) in [4.78, 5) is 16.2. The molecule has 1 aromatic carbocycles. The summed E-state index contributed by atoms with van der Waals surface area (Å²) in [7, 11) is 0. The van der Waals surface area contributed by atoms with E-state index in [-0.39, 0.29) is 12.0 Å². The summed E-state index contributed by atoms with van der Waals surface area (Å²) in [5, 5.41) is 2.75. The van der Waals surface area contributed by atoms with Crippen LogP contribution >= 0.6 is 22.6 Å². The van der Waals surface area contributed by atoms with Crippen LogP contribution < -0.4 is 10.1 Å². The fourth-order valence-electron chi connectivity index (χ4n) is 1.60. The molecule has 1 N–H and O–H groups in total. The minimum atomic E-state index is -0.185. The van der Waals surface area contributed by atoms with E-state index in [1.807, 2.05) is 19.9 Å². The first kappa shape index (κ1) is 14.8. The number of carbonyl (C=O) groups is 1. The second kappa shape index (κ2) is 6.69. The Morgan fingerprint density at radius 2 is 1.90 bits per heavy atom. The van der Waals surface area contributed by atoms with Gasteiger partial charge in [0.25, 0.3) is 5.91 Å². The van der Waals surface area contributed by atoms with Gasteiger partial charge < -0.3 is 10.1 Å². The smallest absolute Gasteiger partial charge is 0.256 e. The Bertz CT molecular complexity index is 580. The van der Waals surface area contributed by atoms with E-state index in [1.165, 1.54) is 0 Å². The van der Waals surface area contributed by atoms with Crippen LogP contribution in [0.1, 0.15) is 24.2 Å². The van der Waals surface area contributed by atoms with E-state index in [4.69, 9.17) is 4.74 Å². The molecule has 0 unspecified atom stereocenters. The van der Waals surface area contributed by atoms with Crippen molar-refractivity contribution >= 4 is 34.3 Å². The lowest BCUT2D eigenvalue weighted by atomic mass is 10.2. The van der Waals surface area contributed by atoms with Crippen molar-refractivity contribution in [3.63, 3.8) is 0 Å². The monoisotopic (exact) mass is 382 g/mol. The van der Waals surface area contributed by atoms with E-state index in [9.17, 15) is 4.79 Å². The number of anilines is 1. The third-order valence-corrected chi connectivity index (χ3v) is 3.10. The molecule has 0 aliphatic heterocycles. The van der Waals surface area contributed by atoms with Gasteiger partial charge in [-0.25, -0.2) is 4.98 Å². The number of carbonyl (C=O) groups excluding carboxylic acids is 1. The van der Waals surface area contributed by atoms with Crippen LogP contribution in [-0.4, -0.2) is 17.0 Å². The molecule has 0 spiro atoms. The molecule has 0 saturated carbocycles. The van der Waals surface area contributed by atoms with Crippen LogP contribution in [0.5, 0.6) is 5.75 Å². The number of hydrogen-bond acceptors (Lipinski definition) is 3. The zero-order valence-corrected chi connectivity index (χ0v) is 13.4. The van der Waals surface area contributed by atoms with E-state index in [0.717, 1.165) is 9.32 Å². The number of rotatable bonds is 4. The number of ether oxygens (including phenoxy) is 1. The van der Waals surface area contributed by atoms with Crippen LogP contribution in [-0.2, 0) is 0 Å². The fraction of sp³-hybridized carbons (Fsp3) is 0.200. The summed E-state index contributed by atoms with van der Waals surface area (Å²) in [5.74, 6) is 1.11. The lowest BCUT2D eigenvalue weighted by molar-refractivity contribution is 0.102. The van der Waals surface area contributed by atoms with E-state index < -0.39 is 0 Å². The summed E-state index contributed by atoms with van der Waals surface area (Å²) in [5.41, 5.74) is 0.571. The molecule has 5 heteroatoms. The highest BCUT2D eigenvalue weighted by Gasteiger charge is 2.07. The first-order chi connectivity index (χ1) is 9.54. The Morgan fingerprint density at radius 1 is 1.20 bits per heavy atom. The van der Waals surface area contributed by atoms with Crippen molar-refractivity contribution in [2.45, 2.75) is 20.0 Å². The number of nitrogens with zero attached hydrogens (tertiary/aromatic N) is 1. The molecule has 1 aromatic heterocycles. The summed E-state index contributed by atoms with van der Waals surface area (Å²) >= 11 is 2.17. The van der Waals surface area contributed by atoms with Gasteiger partial charge in [0.2, 0.25) is 0 Å². The number of pyridine rings is 1. The molecule has 2 aromatic rings. The molecule has 0 bridgehead atoms. The zero-order valence-electron chi connectivity index (χ0n) is 11.3. The van der Waals surface area contributed by atoms with Crippen molar-refractivity contribution in [2.75, 3.05) is 5.32 Å². The van der Waals surface area contributed by atoms with Gasteiger partial charge in [0.15, 0.2) is 0 Å². The van der Waals surface area contributed by atoms with Crippen LogP contribution in [0.15, 0.2) is 42.6 Å². The molecule has 0 fully saturated rings. The molecule has 0 radical (unpaired) electrons. The van der Waals surface area contributed by atoms with Crippen LogP contribution in [0.4, 0.5) is 5.82 Å². The predicted octanol–water partition coefficient (Wildman–Crippen LogP) is 3.73. The molecule has 0 atom stereocenters. The topological polar surface area (TPSA) is 51.2 Å². The number of benzene rings is 1. The molecule has 0 saturated heterocycles. The molecule has 0 aliphatic rings. The molecule has 20 heavy (non-hydrogen) atoms. The van der Waals surface area contributed by atoms with Gasteiger partial charge in [0.1, 0.15) is 11.6 Å². The Kier molecular flexibility index (Phi) is 4.94. The van der Waals surface area contributed by atoms with Crippen molar-refractivity contribution in [1.82, 2.24) is 4.98 Å². The summed E-state index contributed by atoms with van der Waals surface area (Å²) in [6.45, 7) is 3.92. The van der Waals surface area contributed by atoms with Gasteiger partial charge in [-0.05, 0) is 72.8 Å². The van der Waals surface area contributed by atoms with Crippen molar-refractivity contribution in [1.29, 1.82) is 0 Å². The normalized spacial score (nSPS) is 10.4. The van der Waals surface area contributed by atoms with Crippen LogP contribution in [0.2, 0.25) is 0 Å². The number of nitrogens with one attached hydrogen (secondary N) is 1. The van der Waals surface area contributed by atoms with Gasteiger partial charge in [-0.3, -0.25) is 4.79 Å². The maximum absolute atomic E-state index is 12.0. The summed E-state index contributed by atoms with van der Waals surface area (Å²) in [6, 6.07) is 10.7. The Hall–Kier alpha value is -1.63. The lowest BCUT2D eigenvalue weighted by Gasteiger charge is -2.10. The molecular weight excluding hydrogens is 367 g/mol. The standard InChI is InChI=1S/C15H15IN2O2/c1-10(2)20-13-6-3-11(4-7-13)15(19)18-14-8-5-12(16)9-17-14/h3-10H,1-2H3,(H,17,18,19). The average Bonchev–Trinajstić information content (AvgIpc) is 2.41. The van der Waals surface area contributed by atoms with Crippen LogP contribution in [0.25, 0.3) is 0 Å². The summed E-state index contributed by atoms with van der Waals surface area (Å²) < 4.78 is 6.56. The van der Waals surface area contributed by atoms with Crippen LogP contribution in [0, 0.1) is 3.57 Å².